The highest BCUT2D eigenvalue weighted by atomic mass is 16.6. The summed E-state index contributed by atoms with van der Waals surface area (Å²) in [5.41, 5.74) is 3.62. The first kappa shape index (κ1) is 17.1. The molecule has 2 aromatic carbocycles. The molecule has 26 heavy (non-hydrogen) atoms. The SMILES string of the molecule is C(#CC1CC1)c1ccc(Cc2cccc(OCC3COCCO3)c2)cc1. The van der Waals surface area contributed by atoms with E-state index in [1.54, 1.807) is 0 Å². The summed E-state index contributed by atoms with van der Waals surface area (Å²) >= 11 is 0. The van der Waals surface area contributed by atoms with E-state index in [-0.39, 0.29) is 6.10 Å². The van der Waals surface area contributed by atoms with Gasteiger partial charge in [0.15, 0.2) is 0 Å². The second kappa shape index (κ2) is 8.40. The Hall–Kier alpha value is -2.28. The molecule has 2 fully saturated rings. The highest BCUT2D eigenvalue weighted by molar-refractivity contribution is 5.39. The average molecular weight is 348 g/mol. The topological polar surface area (TPSA) is 27.7 Å². The zero-order valence-electron chi connectivity index (χ0n) is 14.9. The standard InChI is InChI=1S/C23H24O3/c1-2-21(15-22(3-1)26-17-23-16-24-12-13-25-23)14-20-10-8-19(9-11-20)7-6-18-4-5-18/h1-3,8-11,15,18,23H,4-5,12-14,16-17H2. The van der Waals surface area contributed by atoms with Gasteiger partial charge in [-0.2, -0.15) is 0 Å². The van der Waals surface area contributed by atoms with E-state index in [0.29, 0.717) is 32.3 Å². The molecular formula is C23H24O3. The van der Waals surface area contributed by atoms with E-state index in [1.165, 1.54) is 24.0 Å². The van der Waals surface area contributed by atoms with Crippen molar-refractivity contribution >= 4 is 0 Å². The first-order valence-electron chi connectivity index (χ1n) is 9.37. The first-order chi connectivity index (χ1) is 12.8. The highest BCUT2D eigenvalue weighted by Gasteiger charge is 2.17. The lowest BCUT2D eigenvalue weighted by Crippen LogP contribution is -2.33. The summed E-state index contributed by atoms with van der Waals surface area (Å²) in [4.78, 5) is 0. The molecule has 1 saturated carbocycles. The van der Waals surface area contributed by atoms with Crippen LogP contribution in [0, 0.1) is 17.8 Å². The van der Waals surface area contributed by atoms with Gasteiger partial charge in [0.25, 0.3) is 0 Å². The molecule has 0 bridgehead atoms. The Bertz CT molecular complexity index is 775. The van der Waals surface area contributed by atoms with E-state index in [0.717, 1.165) is 17.7 Å². The molecule has 0 spiro atoms. The van der Waals surface area contributed by atoms with Gasteiger partial charge in [-0.15, -0.1) is 0 Å². The summed E-state index contributed by atoms with van der Waals surface area (Å²) in [7, 11) is 0. The molecule has 2 aromatic rings. The Morgan fingerprint density at radius 1 is 1.00 bits per heavy atom. The van der Waals surface area contributed by atoms with Crippen LogP contribution in [-0.2, 0) is 15.9 Å². The van der Waals surface area contributed by atoms with E-state index >= 15 is 0 Å². The molecular weight excluding hydrogens is 324 g/mol. The maximum Gasteiger partial charge on any atom is 0.119 e. The molecule has 0 aromatic heterocycles. The highest BCUT2D eigenvalue weighted by Crippen LogP contribution is 2.27. The van der Waals surface area contributed by atoms with Crippen molar-refractivity contribution < 1.29 is 14.2 Å². The fourth-order valence-corrected chi connectivity index (χ4v) is 2.92. The smallest absolute Gasteiger partial charge is 0.119 e. The van der Waals surface area contributed by atoms with Gasteiger partial charge in [0.05, 0.1) is 19.8 Å². The summed E-state index contributed by atoms with van der Waals surface area (Å²) in [5.74, 6) is 8.09. The monoisotopic (exact) mass is 348 g/mol. The Morgan fingerprint density at radius 3 is 2.65 bits per heavy atom. The van der Waals surface area contributed by atoms with Gasteiger partial charge >= 0.3 is 0 Å². The minimum absolute atomic E-state index is 0.0247. The van der Waals surface area contributed by atoms with E-state index in [4.69, 9.17) is 14.2 Å². The van der Waals surface area contributed by atoms with Crippen LogP contribution in [0.25, 0.3) is 0 Å². The number of hydrogen-bond acceptors (Lipinski definition) is 3. The van der Waals surface area contributed by atoms with E-state index in [2.05, 4.69) is 48.2 Å². The molecule has 0 N–H and O–H groups in total. The lowest BCUT2D eigenvalue weighted by molar-refractivity contribution is -0.101. The second-order valence-electron chi connectivity index (χ2n) is 6.94. The number of rotatable bonds is 5. The third kappa shape index (κ3) is 5.11. The van der Waals surface area contributed by atoms with Crippen molar-refractivity contribution in [3.05, 3.63) is 65.2 Å². The minimum atomic E-state index is 0.0247. The quantitative estimate of drug-likeness (QED) is 0.769. The zero-order valence-corrected chi connectivity index (χ0v) is 14.9. The van der Waals surface area contributed by atoms with Crippen molar-refractivity contribution in [2.45, 2.75) is 25.4 Å². The molecule has 1 heterocycles. The minimum Gasteiger partial charge on any atom is -0.491 e. The lowest BCUT2D eigenvalue weighted by Gasteiger charge is -2.23. The zero-order chi connectivity index (χ0) is 17.6. The predicted molar refractivity (Wildman–Crippen MR) is 101 cm³/mol. The van der Waals surface area contributed by atoms with E-state index < -0.39 is 0 Å². The number of hydrogen-bond donors (Lipinski definition) is 0. The Balaban J connectivity index is 1.33. The first-order valence-corrected chi connectivity index (χ1v) is 9.37. The summed E-state index contributed by atoms with van der Waals surface area (Å²) in [6.45, 7) is 2.46. The van der Waals surface area contributed by atoms with Crippen LogP contribution in [0.5, 0.6) is 5.75 Å². The normalized spacial score (nSPS) is 19.5. The maximum absolute atomic E-state index is 5.88. The molecule has 1 atom stereocenters. The van der Waals surface area contributed by atoms with Crippen molar-refractivity contribution in [3.63, 3.8) is 0 Å². The molecule has 134 valence electrons. The molecule has 2 aliphatic rings. The molecule has 4 rings (SSSR count). The van der Waals surface area contributed by atoms with Crippen LogP contribution in [0.4, 0.5) is 0 Å². The van der Waals surface area contributed by atoms with Gasteiger partial charge in [-0.25, -0.2) is 0 Å². The Morgan fingerprint density at radius 2 is 1.88 bits per heavy atom. The van der Waals surface area contributed by atoms with Gasteiger partial charge in [-0.3, -0.25) is 0 Å². The van der Waals surface area contributed by atoms with Gasteiger partial charge in [0.2, 0.25) is 0 Å². The summed E-state index contributed by atoms with van der Waals surface area (Å²) in [6, 6.07) is 16.8. The molecule has 1 aliphatic carbocycles. The molecule has 1 saturated heterocycles. The van der Waals surface area contributed by atoms with Crippen LogP contribution in [0.1, 0.15) is 29.5 Å². The van der Waals surface area contributed by atoms with Crippen LogP contribution < -0.4 is 4.74 Å². The Labute approximate surface area is 155 Å². The van der Waals surface area contributed by atoms with Crippen molar-refractivity contribution in [1.82, 2.24) is 0 Å². The van der Waals surface area contributed by atoms with Crippen LogP contribution in [0.2, 0.25) is 0 Å². The second-order valence-corrected chi connectivity index (χ2v) is 6.94. The fraction of sp³-hybridized carbons (Fsp3) is 0.391. The predicted octanol–water partition coefficient (Wildman–Crippen LogP) is 3.83. The van der Waals surface area contributed by atoms with Gasteiger partial charge in [0, 0.05) is 11.5 Å². The van der Waals surface area contributed by atoms with Crippen molar-refractivity contribution in [2.75, 3.05) is 26.4 Å². The fourth-order valence-electron chi connectivity index (χ4n) is 2.92. The van der Waals surface area contributed by atoms with Crippen molar-refractivity contribution in [2.24, 2.45) is 5.92 Å². The lowest BCUT2D eigenvalue weighted by atomic mass is 10.0. The molecule has 3 nitrogen and oxygen atoms in total. The molecule has 0 amide bonds. The van der Waals surface area contributed by atoms with Crippen LogP contribution >= 0.6 is 0 Å². The third-order valence-corrected chi connectivity index (χ3v) is 4.58. The molecule has 3 heteroatoms. The van der Waals surface area contributed by atoms with Crippen molar-refractivity contribution in [1.29, 1.82) is 0 Å². The number of ether oxygens (including phenoxy) is 3. The molecule has 0 radical (unpaired) electrons. The maximum atomic E-state index is 5.88. The van der Waals surface area contributed by atoms with Crippen molar-refractivity contribution in [3.8, 4) is 17.6 Å². The molecule has 1 unspecified atom stereocenters. The van der Waals surface area contributed by atoms with Gasteiger partial charge < -0.3 is 14.2 Å². The average Bonchev–Trinajstić information content (AvgIpc) is 3.52. The largest absolute Gasteiger partial charge is 0.491 e. The van der Waals surface area contributed by atoms with E-state index in [1.807, 2.05) is 12.1 Å². The molecule has 1 aliphatic heterocycles. The van der Waals surface area contributed by atoms with Gasteiger partial charge in [-0.1, -0.05) is 36.1 Å². The Kier molecular flexibility index (Phi) is 5.54. The van der Waals surface area contributed by atoms with Crippen LogP contribution in [-0.4, -0.2) is 32.5 Å². The van der Waals surface area contributed by atoms with E-state index in [9.17, 15) is 0 Å². The summed E-state index contributed by atoms with van der Waals surface area (Å²) in [6.07, 6.45) is 3.44. The van der Waals surface area contributed by atoms with Crippen LogP contribution in [0.3, 0.4) is 0 Å². The van der Waals surface area contributed by atoms with Gasteiger partial charge in [0.1, 0.15) is 18.5 Å². The summed E-state index contributed by atoms with van der Waals surface area (Å²) in [5, 5.41) is 0. The van der Waals surface area contributed by atoms with Gasteiger partial charge in [-0.05, 0) is 54.7 Å². The van der Waals surface area contributed by atoms with Crippen LogP contribution in [0.15, 0.2) is 48.5 Å². The summed E-state index contributed by atoms with van der Waals surface area (Å²) < 4.78 is 16.9. The number of benzene rings is 2. The third-order valence-electron chi connectivity index (χ3n) is 4.58.